The standard InChI is InChI=1S/C14H20ClFN2O2S/c1-2-7-18(12-5-6-17-9-12)21(19,20)10-11-3-4-14(16)13(15)8-11/h3-4,8,12,17H,2,5-7,9-10H2,1H3. The fourth-order valence-electron chi connectivity index (χ4n) is 2.58. The van der Waals surface area contributed by atoms with Crippen molar-refractivity contribution in [3.63, 3.8) is 0 Å². The molecule has 1 saturated heterocycles. The Labute approximate surface area is 130 Å². The van der Waals surface area contributed by atoms with Crippen molar-refractivity contribution in [3.8, 4) is 0 Å². The molecular formula is C14H20ClFN2O2S. The summed E-state index contributed by atoms with van der Waals surface area (Å²) in [7, 11) is -3.44. The Bertz CT molecular complexity index is 589. The molecule has 1 heterocycles. The van der Waals surface area contributed by atoms with Gasteiger partial charge in [0, 0.05) is 19.1 Å². The topological polar surface area (TPSA) is 49.4 Å². The largest absolute Gasteiger partial charge is 0.315 e. The van der Waals surface area contributed by atoms with Crippen LogP contribution in [0.15, 0.2) is 18.2 Å². The van der Waals surface area contributed by atoms with Gasteiger partial charge < -0.3 is 5.32 Å². The maximum Gasteiger partial charge on any atom is 0.218 e. The van der Waals surface area contributed by atoms with Gasteiger partial charge >= 0.3 is 0 Å². The van der Waals surface area contributed by atoms with Crippen molar-refractivity contribution in [2.24, 2.45) is 0 Å². The summed E-state index contributed by atoms with van der Waals surface area (Å²) in [5, 5.41) is 3.14. The highest BCUT2D eigenvalue weighted by Crippen LogP contribution is 2.21. The lowest BCUT2D eigenvalue weighted by atomic mass is 10.2. The van der Waals surface area contributed by atoms with Gasteiger partial charge in [0.05, 0.1) is 10.8 Å². The zero-order valence-electron chi connectivity index (χ0n) is 12.0. The van der Waals surface area contributed by atoms with Crippen molar-refractivity contribution in [1.29, 1.82) is 0 Å². The third kappa shape index (κ3) is 4.16. The highest BCUT2D eigenvalue weighted by Gasteiger charge is 2.31. The highest BCUT2D eigenvalue weighted by atomic mass is 35.5. The summed E-state index contributed by atoms with van der Waals surface area (Å²) >= 11 is 5.72. The molecule has 0 aromatic heterocycles. The average molecular weight is 335 g/mol. The fourth-order valence-corrected chi connectivity index (χ4v) is 4.64. The Kier molecular flexibility index (Phi) is 5.60. The summed E-state index contributed by atoms with van der Waals surface area (Å²) in [6.07, 6.45) is 1.59. The van der Waals surface area contributed by atoms with Crippen LogP contribution in [0.4, 0.5) is 4.39 Å². The minimum absolute atomic E-state index is 0.00544. The molecule has 1 aromatic rings. The van der Waals surface area contributed by atoms with E-state index in [1.54, 1.807) is 4.31 Å². The van der Waals surface area contributed by atoms with Crippen molar-refractivity contribution >= 4 is 21.6 Å². The maximum atomic E-state index is 13.2. The second-order valence-corrected chi connectivity index (χ2v) is 7.59. The van der Waals surface area contributed by atoms with Crippen LogP contribution in [-0.4, -0.2) is 38.4 Å². The Balaban J connectivity index is 2.19. The van der Waals surface area contributed by atoms with Gasteiger partial charge in [-0.05, 0) is 37.1 Å². The minimum Gasteiger partial charge on any atom is -0.315 e. The quantitative estimate of drug-likeness (QED) is 0.869. The van der Waals surface area contributed by atoms with Gasteiger partial charge in [-0.2, -0.15) is 4.31 Å². The summed E-state index contributed by atoms with van der Waals surface area (Å²) in [6, 6.07) is 4.06. The molecule has 0 radical (unpaired) electrons. The van der Waals surface area contributed by atoms with E-state index in [0.29, 0.717) is 18.7 Å². The van der Waals surface area contributed by atoms with Gasteiger partial charge in [-0.15, -0.1) is 0 Å². The molecule has 1 unspecified atom stereocenters. The van der Waals surface area contributed by atoms with Crippen LogP contribution in [0.25, 0.3) is 0 Å². The molecule has 1 aliphatic heterocycles. The number of benzene rings is 1. The number of nitrogens with one attached hydrogen (secondary N) is 1. The first-order valence-electron chi connectivity index (χ1n) is 7.08. The predicted molar refractivity (Wildman–Crippen MR) is 82.3 cm³/mol. The Morgan fingerprint density at radius 3 is 2.81 bits per heavy atom. The van der Waals surface area contributed by atoms with E-state index in [-0.39, 0.29) is 16.8 Å². The first kappa shape index (κ1) is 16.7. The Morgan fingerprint density at radius 2 is 2.24 bits per heavy atom. The third-order valence-electron chi connectivity index (χ3n) is 3.58. The lowest BCUT2D eigenvalue weighted by Crippen LogP contribution is -2.42. The van der Waals surface area contributed by atoms with Gasteiger partial charge in [0.2, 0.25) is 10.0 Å². The van der Waals surface area contributed by atoms with Crippen LogP contribution in [-0.2, 0) is 15.8 Å². The molecule has 21 heavy (non-hydrogen) atoms. The molecule has 0 amide bonds. The number of sulfonamides is 1. The molecule has 7 heteroatoms. The number of hydrogen-bond donors (Lipinski definition) is 1. The lowest BCUT2D eigenvalue weighted by Gasteiger charge is -2.27. The highest BCUT2D eigenvalue weighted by molar-refractivity contribution is 7.88. The van der Waals surface area contributed by atoms with Crippen LogP contribution in [0.1, 0.15) is 25.3 Å². The molecule has 0 bridgehead atoms. The van der Waals surface area contributed by atoms with Crippen molar-refractivity contribution in [1.82, 2.24) is 9.62 Å². The summed E-state index contributed by atoms with van der Waals surface area (Å²) in [4.78, 5) is 0. The molecule has 1 aliphatic rings. The van der Waals surface area contributed by atoms with Crippen molar-refractivity contribution < 1.29 is 12.8 Å². The molecule has 0 saturated carbocycles. The van der Waals surface area contributed by atoms with Gasteiger partial charge in [0.1, 0.15) is 5.82 Å². The summed E-state index contributed by atoms with van der Waals surface area (Å²) in [5.41, 5.74) is 0.508. The molecular weight excluding hydrogens is 315 g/mol. The summed E-state index contributed by atoms with van der Waals surface area (Å²) < 4.78 is 40.0. The predicted octanol–water partition coefficient (Wildman–Crippen LogP) is 2.38. The SMILES string of the molecule is CCCN(C1CCNC1)S(=O)(=O)Cc1ccc(F)c(Cl)c1. The molecule has 118 valence electrons. The number of halogens is 2. The maximum absolute atomic E-state index is 13.2. The van der Waals surface area contributed by atoms with Crippen molar-refractivity contribution in [2.45, 2.75) is 31.6 Å². The van der Waals surface area contributed by atoms with Crippen LogP contribution in [0.5, 0.6) is 0 Å². The van der Waals surface area contributed by atoms with Crippen molar-refractivity contribution in [2.75, 3.05) is 19.6 Å². The van der Waals surface area contributed by atoms with E-state index in [9.17, 15) is 12.8 Å². The minimum atomic E-state index is -3.44. The Hall–Kier alpha value is -0.690. The number of rotatable bonds is 6. The molecule has 2 rings (SSSR count). The molecule has 1 N–H and O–H groups in total. The second-order valence-electron chi connectivity index (χ2n) is 5.26. The summed E-state index contributed by atoms with van der Waals surface area (Å²) in [5.74, 6) is -0.688. The van der Waals surface area contributed by atoms with E-state index in [4.69, 9.17) is 11.6 Å². The number of hydrogen-bond acceptors (Lipinski definition) is 3. The first-order valence-corrected chi connectivity index (χ1v) is 9.07. The van der Waals surface area contributed by atoms with Gasteiger partial charge in [-0.25, -0.2) is 12.8 Å². The van der Waals surface area contributed by atoms with Gasteiger partial charge in [0.25, 0.3) is 0 Å². The number of nitrogens with zero attached hydrogens (tertiary/aromatic N) is 1. The lowest BCUT2D eigenvalue weighted by molar-refractivity contribution is 0.334. The smallest absolute Gasteiger partial charge is 0.218 e. The summed E-state index contributed by atoms with van der Waals surface area (Å²) in [6.45, 7) is 3.98. The van der Waals surface area contributed by atoms with E-state index in [0.717, 1.165) is 19.4 Å². The van der Waals surface area contributed by atoms with E-state index in [2.05, 4.69) is 5.32 Å². The molecule has 1 atom stereocenters. The van der Waals surface area contributed by atoms with Crippen molar-refractivity contribution in [3.05, 3.63) is 34.6 Å². The third-order valence-corrected chi connectivity index (χ3v) is 5.76. The van der Waals surface area contributed by atoms with E-state index in [1.807, 2.05) is 6.92 Å². The van der Waals surface area contributed by atoms with Crippen LogP contribution in [0.3, 0.4) is 0 Å². The van der Waals surface area contributed by atoms with Gasteiger partial charge in [-0.3, -0.25) is 0 Å². The van der Waals surface area contributed by atoms with Crippen LogP contribution >= 0.6 is 11.6 Å². The van der Waals surface area contributed by atoms with Crippen LogP contribution in [0, 0.1) is 5.82 Å². The zero-order chi connectivity index (χ0) is 15.5. The monoisotopic (exact) mass is 334 g/mol. The van der Waals surface area contributed by atoms with E-state index in [1.165, 1.54) is 18.2 Å². The Morgan fingerprint density at radius 1 is 1.48 bits per heavy atom. The van der Waals surface area contributed by atoms with Crippen LogP contribution < -0.4 is 5.32 Å². The van der Waals surface area contributed by atoms with Crippen LogP contribution in [0.2, 0.25) is 5.02 Å². The van der Waals surface area contributed by atoms with Gasteiger partial charge in [-0.1, -0.05) is 24.6 Å². The molecule has 1 fully saturated rings. The zero-order valence-corrected chi connectivity index (χ0v) is 13.6. The first-order chi connectivity index (χ1) is 9.94. The van der Waals surface area contributed by atoms with Gasteiger partial charge in [0.15, 0.2) is 0 Å². The molecule has 1 aromatic carbocycles. The van der Waals surface area contributed by atoms with E-state index >= 15 is 0 Å². The molecule has 0 aliphatic carbocycles. The normalized spacial score (nSPS) is 19.3. The molecule has 4 nitrogen and oxygen atoms in total. The molecule has 0 spiro atoms. The second kappa shape index (κ2) is 7.05. The fraction of sp³-hybridized carbons (Fsp3) is 0.571. The van der Waals surface area contributed by atoms with E-state index < -0.39 is 15.8 Å². The average Bonchev–Trinajstić information content (AvgIpc) is 2.93.